The van der Waals surface area contributed by atoms with Crippen LogP contribution in [0.2, 0.25) is 0 Å². The van der Waals surface area contributed by atoms with E-state index in [1.165, 1.54) is 43.9 Å². The minimum Gasteiger partial charge on any atom is -0.494 e. The maximum Gasteiger partial charge on any atom is 0.270 e. The van der Waals surface area contributed by atoms with Crippen molar-refractivity contribution in [3.63, 3.8) is 0 Å². The Morgan fingerprint density at radius 2 is 1.80 bits per heavy atom. The topological polar surface area (TPSA) is 29.5 Å². The van der Waals surface area contributed by atoms with Crippen molar-refractivity contribution in [2.75, 3.05) is 11.5 Å². The van der Waals surface area contributed by atoms with Crippen LogP contribution in [-0.4, -0.2) is 16.8 Å². The molecule has 30 heavy (non-hydrogen) atoms. The Balaban J connectivity index is 1.55. The molecule has 3 nitrogen and oxygen atoms in total. The third-order valence-electron chi connectivity index (χ3n) is 4.80. The van der Waals surface area contributed by atoms with Gasteiger partial charge in [-0.1, -0.05) is 97.1 Å². The van der Waals surface area contributed by atoms with Crippen molar-refractivity contribution < 1.29 is 9.53 Å². The predicted molar refractivity (Wildman–Crippen MR) is 135 cm³/mol. The molecule has 3 rings (SSSR count). The fraction of sp³-hybridized carbons (Fsp3) is 0.333. The molecule has 1 heterocycles. The molecule has 0 aromatic heterocycles. The zero-order valence-electron chi connectivity index (χ0n) is 17.1. The molecule has 1 fully saturated rings. The lowest BCUT2D eigenvalue weighted by atomic mass is 10.1. The van der Waals surface area contributed by atoms with Crippen LogP contribution in [-0.2, 0) is 4.79 Å². The number of carbonyl (C=O) groups excluding carboxylic acids is 1. The van der Waals surface area contributed by atoms with Gasteiger partial charge in [0.05, 0.1) is 17.2 Å². The Hall–Kier alpha value is -1.63. The normalized spacial score (nSPS) is 15.3. The Kier molecular flexibility index (Phi) is 8.97. The maximum atomic E-state index is 12.9. The van der Waals surface area contributed by atoms with Crippen LogP contribution < -0.4 is 9.64 Å². The van der Waals surface area contributed by atoms with Crippen molar-refractivity contribution in [3.8, 4) is 5.75 Å². The van der Waals surface area contributed by atoms with E-state index < -0.39 is 0 Å². The molecule has 1 saturated heterocycles. The van der Waals surface area contributed by atoms with Crippen molar-refractivity contribution in [2.45, 2.75) is 45.4 Å². The number of thioether (sulfide) groups is 1. The number of unbranched alkanes of at least 4 members (excludes halogenated alkanes) is 5. The van der Waals surface area contributed by atoms with Gasteiger partial charge in [-0.3, -0.25) is 9.69 Å². The van der Waals surface area contributed by atoms with E-state index in [1.54, 1.807) is 4.90 Å². The number of hydrogen-bond acceptors (Lipinski definition) is 4. The molecule has 0 saturated carbocycles. The first-order valence-electron chi connectivity index (χ1n) is 10.3. The van der Waals surface area contributed by atoms with Crippen LogP contribution in [0.1, 0.15) is 51.0 Å². The Labute approximate surface area is 197 Å². The molecule has 0 N–H and O–H groups in total. The molecule has 2 aromatic carbocycles. The average molecular weight is 505 g/mol. The van der Waals surface area contributed by atoms with E-state index in [1.807, 2.05) is 54.6 Å². The van der Waals surface area contributed by atoms with Gasteiger partial charge in [0.25, 0.3) is 5.91 Å². The summed E-state index contributed by atoms with van der Waals surface area (Å²) in [6.07, 6.45) is 9.39. The maximum absolute atomic E-state index is 12.9. The summed E-state index contributed by atoms with van der Waals surface area (Å²) in [5, 5.41) is 0. The van der Waals surface area contributed by atoms with Crippen LogP contribution in [0, 0.1) is 0 Å². The van der Waals surface area contributed by atoms with Gasteiger partial charge in [-0.25, -0.2) is 0 Å². The molecule has 0 aliphatic carbocycles. The number of halogens is 1. The van der Waals surface area contributed by atoms with Gasteiger partial charge < -0.3 is 4.74 Å². The Morgan fingerprint density at radius 1 is 1.07 bits per heavy atom. The number of rotatable bonds is 10. The van der Waals surface area contributed by atoms with E-state index in [0.717, 1.165) is 34.5 Å². The molecule has 0 unspecified atom stereocenters. The molecule has 0 spiro atoms. The van der Waals surface area contributed by atoms with Crippen molar-refractivity contribution in [1.29, 1.82) is 0 Å². The number of ether oxygens (including phenoxy) is 1. The highest BCUT2D eigenvalue weighted by molar-refractivity contribution is 9.10. The van der Waals surface area contributed by atoms with E-state index >= 15 is 0 Å². The number of benzene rings is 2. The van der Waals surface area contributed by atoms with Gasteiger partial charge >= 0.3 is 0 Å². The standard InChI is InChI=1S/C24H26BrNO2S2/c1-2-3-4-5-6-7-15-28-21-13-11-18(12-14-21)16-22-23(27)26(24(29)30-22)20-10-8-9-19(25)17-20/h8-14,16-17H,2-7,15H2,1H3. The Morgan fingerprint density at radius 3 is 2.53 bits per heavy atom. The van der Waals surface area contributed by atoms with Crippen molar-refractivity contribution in [3.05, 3.63) is 63.5 Å². The first-order chi connectivity index (χ1) is 14.6. The minimum atomic E-state index is -0.0912. The highest BCUT2D eigenvalue weighted by atomic mass is 79.9. The van der Waals surface area contributed by atoms with Crippen LogP contribution in [0.4, 0.5) is 5.69 Å². The van der Waals surface area contributed by atoms with Gasteiger partial charge in [-0.15, -0.1) is 0 Å². The van der Waals surface area contributed by atoms with Gasteiger partial charge in [0.2, 0.25) is 0 Å². The molecule has 1 aliphatic heterocycles. The second-order valence-electron chi connectivity index (χ2n) is 7.18. The number of carbonyl (C=O) groups is 1. The van der Waals surface area contributed by atoms with E-state index in [-0.39, 0.29) is 5.91 Å². The minimum absolute atomic E-state index is 0.0912. The number of thiocarbonyl (C=S) groups is 1. The Bertz CT molecular complexity index is 912. The van der Waals surface area contributed by atoms with E-state index in [4.69, 9.17) is 17.0 Å². The SMILES string of the molecule is CCCCCCCCOc1ccc(C=C2SC(=S)N(c3cccc(Br)c3)C2=O)cc1. The predicted octanol–water partition coefficient (Wildman–Crippen LogP) is 7.59. The molecule has 2 aromatic rings. The number of hydrogen-bond donors (Lipinski definition) is 0. The van der Waals surface area contributed by atoms with Crippen molar-refractivity contribution in [2.24, 2.45) is 0 Å². The highest BCUT2D eigenvalue weighted by Gasteiger charge is 2.33. The molecular formula is C24H26BrNO2S2. The second-order valence-corrected chi connectivity index (χ2v) is 9.77. The van der Waals surface area contributed by atoms with Crippen LogP contribution in [0.15, 0.2) is 57.9 Å². The van der Waals surface area contributed by atoms with Gasteiger partial charge in [0.1, 0.15) is 5.75 Å². The highest BCUT2D eigenvalue weighted by Crippen LogP contribution is 2.36. The molecule has 1 amide bonds. The molecule has 0 bridgehead atoms. The fourth-order valence-electron chi connectivity index (χ4n) is 3.19. The van der Waals surface area contributed by atoms with Crippen molar-refractivity contribution >= 4 is 61.9 Å². The molecule has 6 heteroatoms. The zero-order chi connectivity index (χ0) is 21.3. The largest absolute Gasteiger partial charge is 0.494 e. The summed E-state index contributed by atoms with van der Waals surface area (Å²) in [5.74, 6) is 0.772. The monoisotopic (exact) mass is 503 g/mol. The second kappa shape index (κ2) is 11.7. The third-order valence-corrected chi connectivity index (χ3v) is 6.60. The molecule has 0 radical (unpaired) electrons. The quantitative estimate of drug-likeness (QED) is 0.189. The van der Waals surface area contributed by atoms with Crippen LogP contribution in [0.25, 0.3) is 6.08 Å². The first-order valence-corrected chi connectivity index (χ1v) is 12.4. The summed E-state index contributed by atoms with van der Waals surface area (Å²) < 4.78 is 7.29. The van der Waals surface area contributed by atoms with E-state index in [0.29, 0.717) is 9.23 Å². The van der Waals surface area contributed by atoms with E-state index in [9.17, 15) is 4.79 Å². The molecular weight excluding hydrogens is 478 g/mol. The molecule has 1 aliphatic rings. The number of amides is 1. The summed E-state index contributed by atoms with van der Waals surface area (Å²) in [7, 11) is 0. The third kappa shape index (κ3) is 6.43. The van der Waals surface area contributed by atoms with Crippen LogP contribution in [0.3, 0.4) is 0 Å². The van der Waals surface area contributed by atoms with E-state index in [2.05, 4.69) is 22.9 Å². The molecule has 0 atom stereocenters. The summed E-state index contributed by atoms with van der Waals surface area (Å²) >= 11 is 10.2. The van der Waals surface area contributed by atoms with Gasteiger partial charge in [-0.05, 0) is 48.4 Å². The van der Waals surface area contributed by atoms with Gasteiger partial charge in [-0.2, -0.15) is 0 Å². The zero-order valence-corrected chi connectivity index (χ0v) is 20.3. The summed E-state index contributed by atoms with van der Waals surface area (Å²) in [4.78, 5) is 15.1. The smallest absolute Gasteiger partial charge is 0.270 e. The number of nitrogens with zero attached hydrogens (tertiary/aromatic N) is 1. The first kappa shape index (κ1) is 23.0. The molecule has 158 valence electrons. The number of anilines is 1. The van der Waals surface area contributed by atoms with Gasteiger partial charge in [0, 0.05) is 4.47 Å². The lowest BCUT2D eigenvalue weighted by Gasteiger charge is -2.14. The lowest BCUT2D eigenvalue weighted by Crippen LogP contribution is -2.27. The van der Waals surface area contributed by atoms with Crippen LogP contribution in [0.5, 0.6) is 5.75 Å². The van der Waals surface area contributed by atoms with Gasteiger partial charge in [0.15, 0.2) is 4.32 Å². The fourth-order valence-corrected chi connectivity index (χ4v) is 4.88. The summed E-state index contributed by atoms with van der Waals surface area (Å²) in [6, 6.07) is 15.5. The summed E-state index contributed by atoms with van der Waals surface area (Å²) in [6.45, 7) is 2.98. The van der Waals surface area contributed by atoms with Crippen molar-refractivity contribution in [1.82, 2.24) is 0 Å². The average Bonchev–Trinajstić information content (AvgIpc) is 3.01. The lowest BCUT2D eigenvalue weighted by molar-refractivity contribution is -0.113. The summed E-state index contributed by atoms with van der Waals surface area (Å²) in [5.41, 5.74) is 1.73. The van der Waals surface area contributed by atoms with Crippen LogP contribution >= 0.6 is 39.9 Å².